The van der Waals surface area contributed by atoms with Gasteiger partial charge < -0.3 is 15.5 Å². The first kappa shape index (κ1) is 22.1. The van der Waals surface area contributed by atoms with Crippen LogP contribution in [0.1, 0.15) is 52.7 Å². The number of nitrogens with zero attached hydrogens (tertiary/aromatic N) is 1. The van der Waals surface area contributed by atoms with Gasteiger partial charge in [0.15, 0.2) is 5.78 Å². The van der Waals surface area contributed by atoms with Crippen molar-refractivity contribution in [1.82, 2.24) is 10.2 Å². The molecule has 0 saturated heterocycles. The smallest absolute Gasteiger partial charge is 0.319 e. The molecule has 7 heteroatoms. The number of Topliss-reactive ketones (excluding diaryl/α,β-unsaturated/α-hetero) is 1. The van der Waals surface area contributed by atoms with Crippen LogP contribution in [0.25, 0.3) is 0 Å². The number of hydrogen-bond acceptors (Lipinski definition) is 3. The lowest BCUT2D eigenvalue weighted by atomic mass is 10.1. The predicted molar refractivity (Wildman–Crippen MR) is 125 cm³/mol. The highest BCUT2D eigenvalue weighted by atomic mass is 35.5. The van der Waals surface area contributed by atoms with Crippen molar-refractivity contribution in [2.24, 2.45) is 0 Å². The molecule has 1 heterocycles. The molecule has 2 N–H and O–H groups in total. The van der Waals surface area contributed by atoms with E-state index < -0.39 is 0 Å². The molecule has 3 amide bonds. The third-order valence-electron chi connectivity index (χ3n) is 6.06. The molecule has 0 spiro atoms. The van der Waals surface area contributed by atoms with Crippen LogP contribution in [0.3, 0.4) is 0 Å². The number of amides is 3. The van der Waals surface area contributed by atoms with Gasteiger partial charge in [0.25, 0.3) is 5.91 Å². The largest absolute Gasteiger partial charge is 0.334 e. The van der Waals surface area contributed by atoms with E-state index in [1.807, 2.05) is 25.1 Å². The Morgan fingerprint density at radius 3 is 2.81 bits per heavy atom. The Morgan fingerprint density at radius 2 is 2.03 bits per heavy atom. The van der Waals surface area contributed by atoms with Crippen molar-refractivity contribution in [1.29, 1.82) is 0 Å². The van der Waals surface area contributed by atoms with Gasteiger partial charge in [-0.25, -0.2) is 4.79 Å². The minimum Gasteiger partial charge on any atom is -0.334 e. The van der Waals surface area contributed by atoms with E-state index >= 15 is 0 Å². The van der Waals surface area contributed by atoms with E-state index in [2.05, 4.69) is 17.2 Å². The second kappa shape index (κ2) is 9.17. The van der Waals surface area contributed by atoms with Crippen LogP contribution >= 0.6 is 11.6 Å². The summed E-state index contributed by atoms with van der Waals surface area (Å²) in [6.07, 6.45) is 2.73. The normalized spacial score (nSPS) is 18.4. The fourth-order valence-electron chi connectivity index (χ4n) is 4.28. The molecule has 1 aliphatic heterocycles. The van der Waals surface area contributed by atoms with Crippen molar-refractivity contribution in [3.05, 3.63) is 75.8 Å². The second-order valence-corrected chi connectivity index (χ2v) is 8.90. The summed E-state index contributed by atoms with van der Waals surface area (Å²) in [6, 6.07) is 10.2. The maximum Gasteiger partial charge on any atom is 0.319 e. The lowest BCUT2D eigenvalue weighted by molar-refractivity contribution is -0.122. The van der Waals surface area contributed by atoms with Crippen LogP contribution < -0.4 is 10.6 Å². The number of carbonyl (C=O) groups excluding carboxylic acids is 3. The molecule has 6 nitrogen and oxygen atoms in total. The van der Waals surface area contributed by atoms with Gasteiger partial charge in [0.1, 0.15) is 0 Å². The molecule has 1 saturated carbocycles. The van der Waals surface area contributed by atoms with Gasteiger partial charge in [-0.15, -0.1) is 0 Å². The van der Waals surface area contributed by atoms with Crippen molar-refractivity contribution >= 4 is 35.0 Å². The molecular weight excluding hydrogens is 426 g/mol. The third kappa shape index (κ3) is 4.70. The summed E-state index contributed by atoms with van der Waals surface area (Å²) in [5, 5.41) is 6.18. The van der Waals surface area contributed by atoms with Gasteiger partial charge in [-0.05, 0) is 61.1 Å². The number of nitrogens with one attached hydrogen (secondary N) is 2. The van der Waals surface area contributed by atoms with Crippen LogP contribution in [-0.4, -0.2) is 28.7 Å². The van der Waals surface area contributed by atoms with Crippen molar-refractivity contribution in [3.63, 3.8) is 0 Å². The maximum atomic E-state index is 12.9. The van der Waals surface area contributed by atoms with Gasteiger partial charge in [-0.1, -0.05) is 42.0 Å². The SMILES string of the molecule is C=C1CCC[C@H](N2Cc3cc(CNC(=O)Nc4ccc(C)c(Cl)c4)ccc3C2=O)C(=O)C1. The molecule has 32 heavy (non-hydrogen) atoms. The summed E-state index contributed by atoms with van der Waals surface area (Å²) < 4.78 is 0. The molecule has 1 atom stereocenters. The lowest BCUT2D eigenvalue weighted by Gasteiger charge is -2.25. The molecule has 0 unspecified atom stereocenters. The summed E-state index contributed by atoms with van der Waals surface area (Å²) >= 11 is 6.10. The van der Waals surface area contributed by atoms with Crippen molar-refractivity contribution in [2.75, 3.05) is 5.32 Å². The molecule has 1 fully saturated rings. The molecule has 4 rings (SSSR count). The minimum absolute atomic E-state index is 0.0726. The van der Waals surface area contributed by atoms with Gasteiger partial charge in [0.05, 0.1) is 6.04 Å². The molecule has 1 aliphatic carbocycles. The Labute approximate surface area is 192 Å². The molecular formula is C25H26ClN3O3. The zero-order chi connectivity index (χ0) is 22.8. The number of benzene rings is 2. The molecule has 0 aromatic heterocycles. The molecule has 2 aliphatic rings. The predicted octanol–water partition coefficient (Wildman–Crippen LogP) is 4.99. The van der Waals surface area contributed by atoms with Crippen LogP contribution in [0, 0.1) is 6.92 Å². The number of urea groups is 1. The second-order valence-electron chi connectivity index (χ2n) is 8.50. The monoisotopic (exact) mass is 451 g/mol. The highest BCUT2D eigenvalue weighted by Crippen LogP contribution is 2.30. The number of fused-ring (bicyclic) bond motifs is 1. The molecule has 2 aromatic rings. The number of rotatable bonds is 4. The lowest BCUT2D eigenvalue weighted by Crippen LogP contribution is -2.40. The van der Waals surface area contributed by atoms with Crippen molar-refractivity contribution in [3.8, 4) is 0 Å². The third-order valence-corrected chi connectivity index (χ3v) is 6.47. The fourth-order valence-corrected chi connectivity index (χ4v) is 4.46. The number of allylic oxidation sites excluding steroid dienone is 1. The Morgan fingerprint density at radius 1 is 1.22 bits per heavy atom. The van der Waals surface area contributed by atoms with E-state index in [4.69, 9.17) is 11.6 Å². The summed E-state index contributed by atoms with van der Waals surface area (Å²) in [6.45, 7) is 6.58. The Balaban J connectivity index is 1.39. The molecule has 166 valence electrons. The quantitative estimate of drug-likeness (QED) is 0.507. The number of carbonyl (C=O) groups is 3. The topological polar surface area (TPSA) is 78.5 Å². The van der Waals surface area contributed by atoms with Crippen molar-refractivity contribution < 1.29 is 14.4 Å². The highest BCUT2D eigenvalue weighted by molar-refractivity contribution is 6.31. The zero-order valence-corrected chi connectivity index (χ0v) is 18.8. The standard InChI is InChI=1S/C25H26ClN3O3/c1-15-4-3-5-22(23(30)10-15)29-14-18-11-17(7-9-20(18)24(29)31)13-27-25(32)28-19-8-6-16(2)21(26)12-19/h6-9,11-12,22H,1,3-5,10,13-14H2,2H3,(H2,27,28,32)/t22-/m0/s1. The first-order valence-corrected chi connectivity index (χ1v) is 11.1. The van der Waals surface area contributed by atoms with E-state index in [0.717, 1.165) is 35.1 Å². The van der Waals surface area contributed by atoms with Crippen LogP contribution in [0.4, 0.5) is 10.5 Å². The zero-order valence-electron chi connectivity index (χ0n) is 18.0. The maximum absolute atomic E-state index is 12.9. The Bertz CT molecular complexity index is 1110. The molecule has 2 aromatic carbocycles. The van der Waals surface area contributed by atoms with E-state index in [1.54, 1.807) is 23.1 Å². The van der Waals surface area contributed by atoms with Gasteiger partial charge in [0, 0.05) is 35.8 Å². The average molecular weight is 452 g/mol. The van der Waals surface area contributed by atoms with Gasteiger partial charge in [-0.2, -0.15) is 0 Å². The first-order valence-electron chi connectivity index (χ1n) is 10.7. The number of hydrogen-bond donors (Lipinski definition) is 2. The number of halogens is 1. The van der Waals surface area contributed by atoms with E-state index in [-0.39, 0.29) is 23.8 Å². The first-order chi connectivity index (χ1) is 15.3. The number of ketones is 1. The summed E-state index contributed by atoms with van der Waals surface area (Å²) in [4.78, 5) is 39.5. The Hall–Kier alpha value is -3.12. The van der Waals surface area contributed by atoms with Crippen LogP contribution in [0.2, 0.25) is 5.02 Å². The van der Waals surface area contributed by atoms with Crippen LogP contribution in [0.5, 0.6) is 0 Å². The van der Waals surface area contributed by atoms with E-state index in [1.165, 1.54) is 0 Å². The fraction of sp³-hybridized carbons (Fsp3) is 0.320. The van der Waals surface area contributed by atoms with Crippen molar-refractivity contribution in [2.45, 2.75) is 51.7 Å². The van der Waals surface area contributed by atoms with Gasteiger partial charge in [-0.3, -0.25) is 9.59 Å². The average Bonchev–Trinajstić information content (AvgIpc) is 2.97. The summed E-state index contributed by atoms with van der Waals surface area (Å²) in [5.74, 6) is -0.0252. The van der Waals surface area contributed by atoms with Crippen LogP contribution in [-0.2, 0) is 17.9 Å². The minimum atomic E-state index is -0.386. The summed E-state index contributed by atoms with van der Waals surface area (Å²) in [5.41, 5.74) is 4.90. The Kier molecular flexibility index (Phi) is 6.33. The van der Waals surface area contributed by atoms with Gasteiger partial charge in [0.2, 0.25) is 0 Å². The van der Waals surface area contributed by atoms with Crippen LogP contribution in [0.15, 0.2) is 48.6 Å². The van der Waals surface area contributed by atoms with E-state index in [0.29, 0.717) is 42.2 Å². The molecule has 0 bridgehead atoms. The number of aryl methyl sites for hydroxylation is 1. The molecule has 0 radical (unpaired) electrons. The van der Waals surface area contributed by atoms with E-state index in [9.17, 15) is 14.4 Å². The highest BCUT2D eigenvalue weighted by Gasteiger charge is 2.36. The van der Waals surface area contributed by atoms with Gasteiger partial charge >= 0.3 is 6.03 Å². The summed E-state index contributed by atoms with van der Waals surface area (Å²) in [7, 11) is 0. The number of anilines is 1.